The van der Waals surface area contributed by atoms with Gasteiger partial charge in [-0.15, -0.1) is 0 Å². The summed E-state index contributed by atoms with van der Waals surface area (Å²) in [5.41, 5.74) is 9.72. The van der Waals surface area contributed by atoms with Crippen LogP contribution < -0.4 is 0 Å². The largest absolute Gasteiger partial charge is 0.291 e. The van der Waals surface area contributed by atoms with Crippen molar-refractivity contribution in [2.45, 2.75) is 27.1 Å². The van der Waals surface area contributed by atoms with Crippen molar-refractivity contribution >= 4 is 33.1 Å². The zero-order valence-corrected chi connectivity index (χ0v) is 17.7. The van der Waals surface area contributed by atoms with Crippen molar-refractivity contribution in [2.24, 2.45) is 0 Å². The van der Waals surface area contributed by atoms with Crippen LogP contribution in [0, 0.1) is 20.8 Å². The molecule has 3 aromatic heterocycles. The summed E-state index contributed by atoms with van der Waals surface area (Å²) < 4.78 is 6.57. The molecule has 0 unspecified atom stereocenters. The van der Waals surface area contributed by atoms with Crippen molar-refractivity contribution in [3.05, 3.63) is 90.3 Å². The Bertz CT molecular complexity index is 1390. The van der Waals surface area contributed by atoms with Crippen molar-refractivity contribution in [3.8, 4) is 0 Å². The standard InChI is InChI=1S/C25H22N6/c1-16-4-7-22-19(10-16)26-13-29(22)25(30-14-27-20-11-17(2)5-8-23(20)30)31-15-28-21-12-18(3)6-9-24(21)31/h4-15,25H,1-3H3. The fourth-order valence-electron chi connectivity index (χ4n) is 4.38. The number of benzene rings is 3. The molecule has 0 aliphatic carbocycles. The van der Waals surface area contributed by atoms with Crippen LogP contribution in [0.4, 0.5) is 0 Å². The van der Waals surface area contributed by atoms with Gasteiger partial charge in [-0.2, -0.15) is 0 Å². The topological polar surface area (TPSA) is 53.5 Å². The summed E-state index contributed by atoms with van der Waals surface area (Å²) >= 11 is 0. The Labute approximate surface area is 179 Å². The summed E-state index contributed by atoms with van der Waals surface area (Å²) in [6.45, 7) is 6.27. The molecular weight excluding hydrogens is 384 g/mol. The third-order valence-electron chi connectivity index (χ3n) is 5.94. The van der Waals surface area contributed by atoms with Gasteiger partial charge in [0.05, 0.1) is 52.1 Å². The molecule has 0 spiro atoms. The summed E-state index contributed by atoms with van der Waals surface area (Å²) in [6.07, 6.45) is 5.51. The molecule has 0 amide bonds. The second-order valence-corrected chi connectivity index (χ2v) is 8.28. The molecule has 152 valence electrons. The van der Waals surface area contributed by atoms with E-state index in [1.807, 2.05) is 19.0 Å². The molecule has 0 atom stereocenters. The smallest absolute Gasteiger partial charge is 0.196 e. The van der Waals surface area contributed by atoms with Gasteiger partial charge in [-0.1, -0.05) is 18.2 Å². The SMILES string of the molecule is Cc1ccc2c(c1)ncn2C(n1cnc2cc(C)ccc21)n1cnc2cc(C)ccc21. The number of aryl methyl sites for hydroxylation is 3. The van der Waals surface area contributed by atoms with E-state index in [-0.39, 0.29) is 6.29 Å². The van der Waals surface area contributed by atoms with Crippen LogP contribution >= 0.6 is 0 Å². The number of rotatable bonds is 3. The number of aromatic nitrogens is 6. The first-order valence-corrected chi connectivity index (χ1v) is 10.4. The molecule has 0 aliphatic heterocycles. The molecule has 3 heterocycles. The molecule has 0 saturated carbocycles. The monoisotopic (exact) mass is 406 g/mol. The van der Waals surface area contributed by atoms with Gasteiger partial charge in [0, 0.05) is 0 Å². The van der Waals surface area contributed by atoms with Crippen molar-refractivity contribution in [2.75, 3.05) is 0 Å². The van der Waals surface area contributed by atoms with E-state index in [0.29, 0.717) is 0 Å². The molecule has 0 radical (unpaired) electrons. The third kappa shape index (κ3) is 2.75. The minimum Gasteiger partial charge on any atom is -0.291 e. The quantitative estimate of drug-likeness (QED) is 0.405. The van der Waals surface area contributed by atoms with Gasteiger partial charge in [0.1, 0.15) is 0 Å². The fourth-order valence-corrected chi connectivity index (χ4v) is 4.38. The number of nitrogens with zero attached hydrogens (tertiary/aromatic N) is 6. The molecule has 6 rings (SSSR count). The highest BCUT2D eigenvalue weighted by molar-refractivity contribution is 5.79. The minimum atomic E-state index is -0.229. The molecule has 6 heteroatoms. The van der Waals surface area contributed by atoms with E-state index < -0.39 is 0 Å². The molecule has 3 aromatic carbocycles. The highest BCUT2D eigenvalue weighted by Gasteiger charge is 2.22. The molecule has 6 nitrogen and oxygen atoms in total. The molecule has 0 bridgehead atoms. The zero-order valence-electron chi connectivity index (χ0n) is 17.7. The highest BCUT2D eigenvalue weighted by atomic mass is 15.4. The second kappa shape index (κ2) is 6.54. The Morgan fingerprint density at radius 2 is 0.839 bits per heavy atom. The van der Waals surface area contributed by atoms with Crippen LogP contribution in [0.2, 0.25) is 0 Å². The molecule has 0 saturated heterocycles. The summed E-state index contributed by atoms with van der Waals surface area (Å²) in [4.78, 5) is 14.1. The van der Waals surface area contributed by atoms with Gasteiger partial charge in [-0.3, -0.25) is 13.7 Å². The first-order valence-electron chi connectivity index (χ1n) is 10.4. The van der Waals surface area contributed by atoms with Crippen LogP contribution in [0.25, 0.3) is 33.1 Å². The van der Waals surface area contributed by atoms with Crippen molar-refractivity contribution in [3.63, 3.8) is 0 Å². The van der Waals surface area contributed by atoms with Gasteiger partial charge in [0.15, 0.2) is 6.29 Å². The van der Waals surface area contributed by atoms with E-state index in [1.54, 1.807) is 0 Å². The van der Waals surface area contributed by atoms with Gasteiger partial charge in [-0.05, 0) is 73.9 Å². The number of imidazole rings is 3. The van der Waals surface area contributed by atoms with Crippen molar-refractivity contribution in [1.29, 1.82) is 0 Å². The van der Waals surface area contributed by atoms with Crippen molar-refractivity contribution in [1.82, 2.24) is 28.7 Å². The average molecular weight is 406 g/mol. The van der Waals surface area contributed by atoms with Gasteiger partial charge in [0.25, 0.3) is 0 Å². The lowest BCUT2D eigenvalue weighted by Gasteiger charge is -2.24. The second-order valence-electron chi connectivity index (χ2n) is 8.28. The summed E-state index contributed by atoms with van der Waals surface area (Å²) in [7, 11) is 0. The Morgan fingerprint density at radius 3 is 1.16 bits per heavy atom. The normalized spacial score (nSPS) is 12.0. The number of fused-ring (bicyclic) bond motifs is 3. The maximum atomic E-state index is 4.70. The summed E-state index contributed by atoms with van der Waals surface area (Å²) in [5.74, 6) is 0. The molecule has 0 aliphatic rings. The van der Waals surface area contributed by atoms with E-state index in [0.717, 1.165) is 33.1 Å². The van der Waals surface area contributed by atoms with Crippen LogP contribution in [0.15, 0.2) is 73.6 Å². The first-order chi connectivity index (χ1) is 15.1. The molecule has 0 fully saturated rings. The molecule has 0 N–H and O–H groups in total. The Hall–Kier alpha value is -3.93. The predicted molar refractivity (Wildman–Crippen MR) is 123 cm³/mol. The number of hydrogen-bond donors (Lipinski definition) is 0. The lowest BCUT2D eigenvalue weighted by molar-refractivity contribution is 0.394. The van der Waals surface area contributed by atoms with Crippen LogP contribution in [0.5, 0.6) is 0 Å². The number of hydrogen-bond acceptors (Lipinski definition) is 3. The maximum Gasteiger partial charge on any atom is 0.196 e. The predicted octanol–water partition coefficient (Wildman–Crippen LogP) is 5.21. The van der Waals surface area contributed by atoms with Gasteiger partial charge in [0.2, 0.25) is 0 Å². The van der Waals surface area contributed by atoms with Gasteiger partial charge >= 0.3 is 0 Å². The van der Waals surface area contributed by atoms with E-state index in [1.165, 1.54) is 16.7 Å². The minimum absolute atomic E-state index is 0.229. The lowest BCUT2D eigenvalue weighted by atomic mass is 10.2. The van der Waals surface area contributed by atoms with Gasteiger partial charge in [-0.25, -0.2) is 15.0 Å². The maximum absolute atomic E-state index is 4.70. The van der Waals surface area contributed by atoms with E-state index >= 15 is 0 Å². The summed E-state index contributed by atoms with van der Waals surface area (Å²) in [5, 5.41) is 0. The van der Waals surface area contributed by atoms with Crippen LogP contribution in [0.3, 0.4) is 0 Å². The van der Waals surface area contributed by atoms with E-state index in [9.17, 15) is 0 Å². The Kier molecular flexibility index (Phi) is 3.77. The van der Waals surface area contributed by atoms with Crippen LogP contribution in [-0.2, 0) is 0 Å². The molecule has 31 heavy (non-hydrogen) atoms. The first kappa shape index (κ1) is 17.9. The van der Waals surface area contributed by atoms with Crippen LogP contribution in [-0.4, -0.2) is 28.7 Å². The van der Waals surface area contributed by atoms with E-state index in [2.05, 4.69) is 89.1 Å². The van der Waals surface area contributed by atoms with E-state index in [4.69, 9.17) is 15.0 Å². The third-order valence-corrected chi connectivity index (χ3v) is 5.94. The Balaban J connectivity index is 1.67. The summed E-state index contributed by atoms with van der Waals surface area (Å²) in [6, 6.07) is 19.1. The lowest BCUT2D eigenvalue weighted by Crippen LogP contribution is -2.24. The Morgan fingerprint density at radius 1 is 0.516 bits per heavy atom. The molecular formula is C25H22N6. The van der Waals surface area contributed by atoms with Crippen molar-refractivity contribution < 1.29 is 0 Å². The zero-order chi connectivity index (χ0) is 21.1. The van der Waals surface area contributed by atoms with Gasteiger partial charge < -0.3 is 0 Å². The molecule has 6 aromatic rings. The highest BCUT2D eigenvalue weighted by Crippen LogP contribution is 2.28. The fraction of sp³-hybridized carbons (Fsp3) is 0.160. The average Bonchev–Trinajstić information content (AvgIpc) is 3.46. The van der Waals surface area contributed by atoms with Crippen LogP contribution in [0.1, 0.15) is 23.0 Å².